The second-order valence-corrected chi connectivity index (χ2v) is 10.6. The monoisotopic (exact) mass is 538 g/mol. The number of para-hydroxylation sites is 3. The molecule has 0 amide bonds. The summed E-state index contributed by atoms with van der Waals surface area (Å²) in [5, 5.41) is 24.2. The second kappa shape index (κ2) is 9.43. The van der Waals surface area contributed by atoms with Crippen LogP contribution >= 0.6 is 0 Å². The zero-order chi connectivity index (χ0) is 28.2. The number of fused-ring (bicyclic) bond motifs is 8. The lowest BCUT2D eigenvalue weighted by Crippen LogP contribution is -2.03. The van der Waals surface area contributed by atoms with Gasteiger partial charge in [-0.3, -0.25) is 0 Å². The maximum absolute atomic E-state index is 8.84. The summed E-state index contributed by atoms with van der Waals surface area (Å²) in [6.07, 6.45) is 3.16. The molecule has 198 valence electrons. The Bertz CT molecular complexity index is 2370. The van der Waals surface area contributed by atoms with Gasteiger partial charge in [-0.1, -0.05) is 97.1 Å². The summed E-state index contributed by atoms with van der Waals surface area (Å²) in [5.41, 5.74) is 7.30. The molecule has 0 saturated heterocycles. The van der Waals surface area contributed by atoms with E-state index in [1.54, 1.807) is 6.08 Å². The molecule has 0 bridgehead atoms. The SMILES string of the molecule is N=C/C(=C\C(=N)c1ccccc1)n1c2ccccc2c2ccc3cc4c5ccccc5n(-c5ccccc5)c4cc3c21. The van der Waals surface area contributed by atoms with Gasteiger partial charge in [0, 0.05) is 38.8 Å². The van der Waals surface area contributed by atoms with Crippen LogP contribution in [-0.2, 0) is 0 Å². The van der Waals surface area contributed by atoms with Crippen LogP contribution in [-0.4, -0.2) is 21.1 Å². The van der Waals surface area contributed by atoms with Crippen LogP contribution < -0.4 is 0 Å². The minimum atomic E-state index is 0.367. The predicted octanol–water partition coefficient (Wildman–Crippen LogP) is 9.60. The van der Waals surface area contributed by atoms with Crippen molar-refractivity contribution >= 4 is 72.0 Å². The molecule has 0 aliphatic carbocycles. The number of nitrogens with one attached hydrogen (secondary N) is 2. The van der Waals surface area contributed by atoms with E-state index in [-0.39, 0.29) is 0 Å². The molecule has 2 heterocycles. The number of aromatic nitrogens is 2. The molecule has 0 radical (unpaired) electrons. The molecule has 42 heavy (non-hydrogen) atoms. The molecule has 0 fully saturated rings. The minimum Gasteiger partial charge on any atom is -0.309 e. The smallest absolute Gasteiger partial charge is 0.0659 e. The average Bonchev–Trinajstić information content (AvgIpc) is 3.56. The van der Waals surface area contributed by atoms with Crippen LogP contribution in [0.15, 0.2) is 140 Å². The number of rotatable bonds is 5. The summed E-state index contributed by atoms with van der Waals surface area (Å²) in [4.78, 5) is 0. The fourth-order valence-electron chi connectivity index (χ4n) is 6.39. The van der Waals surface area contributed by atoms with Gasteiger partial charge in [0.1, 0.15) is 0 Å². The Balaban J connectivity index is 1.51. The third-order valence-corrected chi connectivity index (χ3v) is 8.24. The molecule has 0 atom stereocenters. The molecule has 0 saturated carbocycles. The van der Waals surface area contributed by atoms with Gasteiger partial charge in [0.25, 0.3) is 0 Å². The van der Waals surface area contributed by atoms with Crippen molar-refractivity contribution in [1.82, 2.24) is 9.13 Å². The molecule has 6 aromatic carbocycles. The van der Waals surface area contributed by atoms with Crippen LogP contribution in [0.25, 0.3) is 65.8 Å². The van der Waals surface area contributed by atoms with E-state index in [9.17, 15) is 0 Å². The Morgan fingerprint density at radius 1 is 0.548 bits per heavy atom. The van der Waals surface area contributed by atoms with Gasteiger partial charge in [-0.15, -0.1) is 0 Å². The van der Waals surface area contributed by atoms with Crippen molar-refractivity contribution < 1.29 is 0 Å². The Labute approximate surface area is 242 Å². The van der Waals surface area contributed by atoms with Gasteiger partial charge >= 0.3 is 0 Å². The number of hydrogen-bond acceptors (Lipinski definition) is 2. The maximum Gasteiger partial charge on any atom is 0.0659 e. The zero-order valence-electron chi connectivity index (χ0n) is 22.8. The fourth-order valence-corrected chi connectivity index (χ4v) is 6.39. The first-order chi connectivity index (χ1) is 20.7. The highest BCUT2D eigenvalue weighted by molar-refractivity contribution is 6.26. The van der Waals surface area contributed by atoms with Gasteiger partial charge in [0.15, 0.2) is 0 Å². The van der Waals surface area contributed by atoms with E-state index in [2.05, 4.69) is 100 Å². The molecular weight excluding hydrogens is 512 g/mol. The largest absolute Gasteiger partial charge is 0.309 e. The average molecular weight is 539 g/mol. The van der Waals surface area contributed by atoms with Gasteiger partial charge in [-0.05, 0) is 53.4 Å². The van der Waals surface area contributed by atoms with Crippen LogP contribution in [0, 0.1) is 10.8 Å². The number of nitrogens with zero attached hydrogens (tertiary/aromatic N) is 2. The highest BCUT2D eigenvalue weighted by Gasteiger charge is 2.19. The van der Waals surface area contributed by atoms with Gasteiger partial charge in [-0.25, -0.2) is 0 Å². The summed E-state index contributed by atoms with van der Waals surface area (Å²) in [6.45, 7) is 0. The van der Waals surface area contributed by atoms with E-state index in [4.69, 9.17) is 10.8 Å². The molecule has 2 N–H and O–H groups in total. The molecule has 4 nitrogen and oxygen atoms in total. The molecule has 8 aromatic rings. The highest BCUT2D eigenvalue weighted by atomic mass is 15.0. The third-order valence-electron chi connectivity index (χ3n) is 8.24. The standard InChI is InChI=1S/C38H26N4/c39-24-28(22-34(40)25-11-3-1-4-12-25)42-36-18-10-7-15-29(36)31-20-19-26-21-33-30-16-8-9-17-35(30)41(27-13-5-2-6-14-27)37(33)23-32(26)38(31)42/h1-24,39-40H/b28-22+,39-24?,40-34?. The van der Waals surface area contributed by atoms with Crippen molar-refractivity contribution in [3.63, 3.8) is 0 Å². The second-order valence-electron chi connectivity index (χ2n) is 10.6. The lowest BCUT2D eigenvalue weighted by atomic mass is 10.0. The molecule has 8 rings (SSSR count). The van der Waals surface area contributed by atoms with Crippen molar-refractivity contribution in [1.29, 1.82) is 10.8 Å². The molecule has 4 heteroatoms. The lowest BCUT2D eigenvalue weighted by molar-refractivity contribution is 1.18. The van der Waals surface area contributed by atoms with E-state index in [1.807, 2.05) is 42.5 Å². The van der Waals surface area contributed by atoms with Crippen molar-refractivity contribution in [2.75, 3.05) is 0 Å². The quantitative estimate of drug-likeness (QED) is 0.205. The summed E-state index contributed by atoms with van der Waals surface area (Å²) < 4.78 is 4.49. The third kappa shape index (κ3) is 3.55. The van der Waals surface area contributed by atoms with Crippen LogP contribution in [0.1, 0.15) is 5.56 Å². The van der Waals surface area contributed by atoms with E-state index in [1.165, 1.54) is 22.5 Å². The van der Waals surface area contributed by atoms with Crippen molar-refractivity contribution in [2.45, 2.75) is 0 Å². The minimum absolute atomic E-state index is 0.367. The molecule has 0 aliphatic rings. The molecule has 0 spiro atoms. The molecular formula is C38H26N4. The first kappa shape index (κ1) is 24.1. The van der Waals surface area contributed by atoms with Gasteiger partial charge in [0.2, 0.25) is 0 Å². The molecule has 0 unspecified atom stereocenters. The molecule has 0 aliphatic heterocycles. The molecule has 2 aromatic heterocycles. The van der Waals surface area contributed by atoms with Gasteiger partial charge < -0.3 is 20.0 Å². The first-order valence-electron chi connectivity index (χ1n) is 14.0. The fraction of sp³-hybridized carbons (Fsp3) is 0. The predicted molar refractivity (Wildman–Crippen MR) is 178 cm³/mol. The van der Waals surface area contributed by atoms with E-state index in [0.717, 1.165) is 49.3 Å². The Morgan fingerprint density at radius 3 is 1.93 bits per heavy atom. The Morgan fingerprint density at radius 2 is 1.19 bits per heavy atom. The summed E-state index contributed by atoms with van der Waals surface area (Å²) in [5.74, 6) is 0. The van der Waals surface area contributed by atoms with Gasteiger partial charge in [-0.2, -0.15) is 0 Å². The summed E-state index contributed by atoms with van der Waals surface area (Å²) in [7, 11) is 0. The van der Waals surface area contributed by atoms with E-state index < -0.39 is 0 Å². The number of benzene rings is 6. The first-order valence-corrected chi connectivity index (χ1v) is 14.0. The van der Waals surface area contributed by atoms with E-state index in [0.29, 0.717) is 11.4 Å². The van der Waals surface area contributed by atoms with Crippen LogP contribution in [0.5, 0.6) is 0 Å². The lowest BCUT2D eigenvalue weighted by Gasteiger charge is -2.12. The number of hydrogen-bond donors (Lipinski definition) is 2. The Kier molecular flexibility index (Phi) is 5.41. The van der Waals surface area contributed by atoms with Crippen LogP contribution in [0.2, 0.25) is 0 Å². The van der Waals surface area contributed by atoms with Crippen LogP contribution in [0.4, 0.5) is 0 Å². The van der Waals surface area contributed by atoms with Crippen molar-refractivity contribution in [3.8, 4) is 5.69 Å². The topological polar surface area (TPSA) is 57.6 Å². The zero-order valence-corrected chi connectivity index (χ0v) is 22.8. The number of allylic oxidation sites excluding steroid dienone is 2. The van der Waals surface area contributed by atoms with Crippen molar-refractivity contribution in [3.05, 3.63) is 145 Å². The van der Waals surface area contributed by atoms with Crippen LogP contribution in [0.3, 0.4) is 0 Å². The Hall–Kier alpha value is -5.74. The summed E-state index contributed by atoms with van der Waals surface area (Å²) >= 11 is 0. The normalized spacial score (nSPS) is 12.1. The van der Waals surface area contributed by atoms with E-state index >= 15 is 0 Å². The van der Waals surface area contributed by atoms with Crippen molar-refractivity contribution in [2.24, 2.45) is 0 Å². The van der Waals surface area contributed by atoms with Gasteiger partial charge in [0.05, 0.1) is 33.5 Å². The highest BCUT2D eigenvalue weighted by Crippen LogP contribution is 2.40. The maximum atomic E-state index is 8.84. The summed E-state index contributed by atoms with van der Waals surface area (Å²) in [6, 6.07) is 46.1.